The standard InChI is InChI=1S/C15H23NO3/c1-10(17)15-13(6-5-7-14(15)18-4)16(3)12-8-9-19-11(12)2/h5-7,10-12,17H,8-9H2,1-4H3/t10-,11?,12?/m0/s1. The molecule has 0 spiro atoms. The molecule has 1 aromatic rings. The van der Waals surface area contributed by atoms with Gasteiger partial charge >= 0.3 is 0 Å². The Kier molecular flexibility index (Phi) is 4.32. The molecule has 0 radical (unpaired) electrons. The van der Waals surface area contributed by atoms with E-state index in [1.807, 2.05) is 18.2 Å². The maximum atomic E-state index is 10.0. The number of hydrogen-bond donors (Lipinski definition) is 1. The summed E-state index contributed by atoms with van der Waals surface area (Å²) < 4.78 is 11.0. The zero-order valence-electron chi connectivity index (χ0n) is 12.1. The van der Waals surface area contributed by atoms with E-state index in [0.29, 0.717) is 6.04 Å². The van der Waals surface area contributed by atoms with Crippen LogP contribution in [0.4, 0.5) is 5.69 Å². The second-order valence-electron chi connectivity index (χ2n) is 5.11. The van der Waals surface area contributed by atoms with Crippen LogP contribution >= 0.6 is 0 Å². The predicted octanol–water partition coefficient (Wildman–Crippen LogP) is 2.36. The average Bonchev–Trinajstić information content (AvgIpc) is 2.83. The SMILES string of the molecule is COc1cccc(N(C)C2CCOC2C)c1[C@H](C)O. The van der Waals surface area contributed by atoms with Crippen LogP contribution in [0, 0.1) is 0 Å². The van der Waals surface area contributed by atoms with Crippen molar-refractivity contribution in [3.8, 4) is 5.75 Å². The summed E-state index contributed by atoms with van der Waals surface area (Å²) in [5.74, 6) is 0.728. The van der Waals surface area contributed by atoms with Gasteiger partial charge in [0.05, 0.1) is 25.4 Å². The van der Waals surface area contributed by atoms with E-state index >= 15 is 0 Å². The van der Waals surface area contributed by atoms with E-state index in [4.69, 9.17) is 9.47 Å². The third-order valence-electron chi connectivity index (χ3n) is 3.89. The molecule has 1 heterocycles. The van der Waals surface area contributed by atoms with Crippen molar-refractivity contribution in [2.75, 3.05) is 25.7 Å². The van der Waals surface area contributed by atoms with Gasteiger partial charge in [-0.25, -0.2) is 0 Å². The molecule has 0 amide bonds. The lowest BCUT2D eigenvalue weighted by molar-refractivity contribution is 0.118. The maximum absolute atomic E-state index is 10.0. The molecule has 0 aliphatic carbocycles. The molecule has 1 fully saturated rings. The van der Waals surface area contributed by atoms with Gasteiger partial charge in [0.1, 0.15) is 5.75 Å². The summed E-state index contributed by atoms with van der Waals surface area (Å²) in [6.45, 7) is 4.66. The fourth-order valence-corrected chi connectivity index (χ4v) is 2.85. The van der Waals surface area contributed by atoms with Gasteiger partial charge in [-0.3, -0.25) is 0 Å². The first kappa shape index (κ1) is 14.2. The lowest BCUT2D eigenvalue weighted by Gasteiger charge is -2.31. The van der Waals surface area contributed by atoms with Gasteiger partial charge in [-0.1, -0.05) is 6.07 Å². The monoisotopic (exact) mass is 265 g/mol. The molecule has 0 bridgehead atoms. The summed E-state index contributed by atoms with van der Waals surface area (Å²) in [4.78, 5) is 2.20. The third kappa shape index (κ3) is 2.69. The number of anilines is 1. The van der Waals surface area contributed by atoms with Gasteiger partial charge in [-0.15, -0.1) is 0 Å². The fraction of sp³-hybridized carbons (Fsp3) is 0.600. The second-order valence-corrected chi connectivity index (χ2v) is 5.11. The molecule has 3 atom stereocenters. The molecule has 0 saturated carbocycles. The highest BCUT2D eigenvalue weighted by Gasteiger charge is 2.30. The molecule has 106 valence electrons. The van der Waals surface area contributed by atoms with E-state index in [1.54, 1.807) is 14.0 Å². The van der Waals surface area contributed by atoms with Crippen LogP contribution in [0.15, 0.2) is 18.2 Å². The van der Waals surface area contributed by atoms with Crippen LogP contribution in [-0.4, -0.2) is 38.0 Å². The number of rotatable bonds is 4. The summed E-state index contributed by atoms with van der Waals surface area (Å²) in [6, 6.07) is 6.20. The highest BCUT2D eigenvalue weighted by molar-refractivity contribution is 5.60. The Hall–Kier alpha value is -1.26. The number of benzene rings is 1. The molecule has 1 aliphatic heterocycles. The quantitative estimate of drug-likeness (QED) is 0.907. The van der Waals surface area contributed by atoms with Crippen molar-refractivity contribution in [2.24, 2.45) is 0 Å². The first-order valence-corrected chi connectivity index (χ1v) is 6.75. The number of methoxy groups -OCH3 is 1. The molecule has 2 unspecified atom stereocenters. The third-order valence-corrected chi connectivity index (χ3v) is 3.89. The van der Waals surface area contributed by atoms with E-state index < -0.39 is 6.10 Å². The van der Waals surface area contributed by atoms with Gasteiger partial charge in [0, 0.05) is 24.9 Å². The van der Waals surface area contributed by atoms with Gasteiger partial charge in [0.25, 0.3) is 0 Å². The minimum Gasteiger partial charge on any atom is -0.496 e. The van der Waals surface area contributed by atoms with Crippen molar-refractivity contribution in [1.82, 2.24) is 0 Å². The molecule has 19 heavy (non-hydrogen) atoms. The molecule has 1 N–H and O–H groups in total. The normalized spacial score (nSPS) is 24.3. The van der Waals surface area contributed by atoms with Crippen molar-refractivity contribution in [2.45, 2.75) is 38.5 Å². The minimum atomic E-state index is -0.564. The van der Waals surface area contributed by atoms with Crippen molar-refractivity contribution in [3.05, 3.63) is 23.8 Å². The second kappa shape index (κ2) is 5.80. The first-order valence-electron chi connectivity index (χ1n) is 6.75. The molecule has 0 aromatic heterocycles. The molecule has 1 aromatic carbocycles. The van der Waals surface area contributed by atoms with Crippen molar-refractivity contribution in [1.29, 1.82) is 0 Å². The van der Waals surface area contributed by atoms with Crippen molar-refractivity contribution >= 4 is 5.69 Å². The molecule has 2 rings (SSSR count). The Balaban J connectivity index is 2.38. The lowest BCUT2D eigenvalue weighted by atomic mass is 10.0. The largest absolute Gasteiger partial charge is 0.496 e. The molecule has 1 aliphatic rings. The zero-order valence-corrected chi connectivity index (χ0v) is 12.1. The van der Waals surface area contributed by atoms with Crippen LogP contribution in [0.2, 0.25) is 0 Å². The Morgan fingerprint density at radius 3 is 2.74 bits per heavy atom. The molecular formula is C15H23NO3. The van der Waals surface area contributed by atoms with Gasteiger partial charge < -0.3 is 19.5 Å². The van der Waals surface area contributed by atoms with Gasteiger partial charge in [0.2, 0.25) is 0 Å². The van der Waals surface area contributed by atoms with Gasteiger partial charge in [-0.2, -0.15) is 0 Å². The minimum absolute atomic E-state index is 0.207. The molecule has 4 nitrogen and oxygen atoms in total. The topological polar surface area (TPSA) is 41.9 Å². The summed E-state index contributed by atoms with van der Waals surface area (Å²) in [5, 5.41) is 10.0. The molecular weight excluding hydrogens is 242 g/mol. The Bertz CT molecular complexity index is 433. The van der Waals surface area contributed by atoms with E-state index in [0.717, 1.165) is 30.0 Å². The van der Waals surface area contributed by atoms with Crippen molar-refractivity contribution < 1.29 is 14.6 Å². The molecule has 1 saturated heterocycles. The number of hydrogen-bond acceptors (Lipinski definition) is 4. The summed E-state index contributed by atoms with van der Waals surface area (Å²) in [5.41, 5.74) is 1.85. The van der Waals surface area contributed by atoms with Gasteiger partial charge in [-0.05, 0) is 32.4 Å². The summed E-state index contributed by atoms with van der Waals surface area (Å²) >= 11 is 0. The number of aliphatic hydroxyl groups excluding tert-OH is 1. The predicted molar refractivity (Wildman–Crippen MR) is 75.8 cm³/mol. The van der Waals surface area contributed by atoms with E-state index in [-0.39, 0.29) is 6.10 Å². The highest BCUT2D eigenvalue weighted by Crippen LogP contribution is 2.36. The van der Waals surface area contributed by atoms with Crippen LogP contribution in [-0.2, 0) is 4.74 Å². The fourth-order valence-electron chi connectivity index (χ4n) is 2.85. The van der Waals surface area contributed by atoms with Crippen LogP contribution in [0.25, 0.3) is 0 Å². The van der Waals surface area contributed by atoms with E-state index in [2.05, 4.69) is 18.9 Å². The van der Waals surface area contributed by atoms with Crippen LogP contribution in [0.3, 0.4) is 0 Å². The molecule has 4 heteroatoms. The van der Waals surface area contributed by atoms with Crippen LogP contribution in [0.1, 0.15) is 31.9 Å². The summed E-state index contributed by atoms with van der Waals surface area (Å²) in [6.07, 6.45) is 0.651. The first-order chi connectivity index (χ1) is 9.06. The van der Waals surface area contributed by atoms with Gasteiger partial charge in [0.15, 0.2) is 0 Å². The lowest BCUT2D eigenvalue weighted by Crippen LogP contribution is -2.37. The highest BCUT2D eigenvalue weighted by atomic mass is 16.5. The smallest absolute Gasteiger partial charge is 0.126 e. The van der Waals surface area contributed by atoms with Crippen LogP contribution < -0.4 is 9.64 Å². The number of ether oxygens (including phenoxy) is 2. The van der Waals surface area contributed by atoms with E-state index in [1.165, 1.54) is 0 Å². The Morgan fingerprint density at radius 2 is 2.21 bits per heavy atom. The Morgan fingerprint density at radius 1 is 1.47 bits per heavy atom. The average molecular weight is 265 g/mol. The van der Waals surface area contributed by atoms with Crippen LogP contribution in [0.5, 0.6) is 5.75 Å². The summed E-state index contributed by atoms with van der Waals surface area (Å²) in [7, 11) is 3.68. The number of likely N-dealkylation sites (N-methyl/N-ethyl adjacent to an activating group) is 1. The Labute approximate surface area is 114 Å². The number of nitrogens with zero attached hydrogens (tertiary/aromatic N) is 1. The van der Waals surface area contributed by atoms with E-state index in [9.17, 15) is 5.11 Å². The van der Waals surface area contributed by atoms with Crippen molar-refractivity contribution in [3.63, 3.8) is 0 Å². The number of aliphatic hydroxyl groups is 1. The maximum Gasteiger partial charge on any atom is 0.126 e. The zero-order chi connectivity index (χ0) is 14.0.